The van der Waals surface area contributed by atoms with E-state index in [0.29, 0.717) is 5.69 Å². The molecule has 1 aliphatic heterocycles. The maximum atomic E-state index is 13.1. The lowest BCUT2D eigenvalue weighted by molar-refractivity contribution is -0.120. The van der Waals surface area contributed by atoms with E-state index in [1.165, 1.54) is 17.7 Å². The summed E-state index contributed by atoms with van der Waals surface area (Å²) in [5.74, 6) is 0.605. The number of carbonyl (C=O) groups excluding carboxylic acids is 1. The lowest BCUT2D eigenvalue weighted by atomic mass is 9.96. The molecule has 1 aliphatic rings. The van der Waals surface area contributed by atoms with Gasteiger partial charge in [0.05, 0.1) is 11.0 Å². The quantitative estimate of drug-likeness (QED) is 0.442. The second-order valence-corrected chi connectivity index (χ2v) is 8.55. The van der Waals surface area contributed by atoms with Crippen LogP contribution < -0.4 is 10.2 Å². The van der Waals surface area contributed by atoms with Crippen LogP contribution in [0.1, 0.15) is 18.4 Å². The molecule has 1 amide bonds. The van der Waals surface area contributed by atoms with Crippen molar-refractivity contribution in [1.82, 2.24) is 9.55 Å². The predicted molar refractivity (Wildman–Crippen MR) is 130 cm³/mol. The first-order valence-corrected chi connectivity index (χ1v) is 11.5. The first-order valence-electron chi connectivity index (χ1n) is 11.5. The number of hydrogen-bond acceptors (Lipinski definition) is 3. The van der Waals surface area contributed by atoms with Crippen LogP contribution in [0.25, 0.3) is 11.0 Å². The molecule has 5 nitrogen and oxygen atoms in total. The molecule has 0 aliphatic carbocycles. The molecule has 1 N–H and O–H groups in total. The van der Waals surface area contributed by atoms with Crippen LogP contribution in [0.15, 0.2) is 78.9 Å². The third-order valence-electron chi connectivity index (χ3n) is 6.36. The number of anilines is 2. The Hall–Kier alpha value is -3.67. The number of rotatable bonds is 6. The highest BCUT2D eigenvalue weighted by atomic mass is 19.1. The summed E-state index contributed by atoms with van der Waals surface area (Å²) in [5.41, 5.74) is 4.07. The molecule has 6 heteroatoms. The Morgan fingerprint density at radius 3 is 2.39 bits per heavy atom. The molecular weight excluding hydrogens is 415 g/mol. The SMILES string of the molecule is O=C(Nc1ccc(F)cc1)C1CCN(c2nc3ccccc3n2CCc2ccccc2)CC1. The molecule has 0 unspecified atom stereocenters. The summed E-state index contributed by atoms with van der Waals surface area (Å²) < 4.78 is 15.4. The number of halogens is 1. The number of aromatic nitrogens is 2. The molecular formula is C27H27FN4O. The molecule has 0 bridgehead atoms. The Morgan fingerprint density at radius 1 is 0.939 bits per heavy atom. The van der Waals surface area contributed by atoms with Crippen LogP contribution in [-0.2, 0) is 17.8 Å². The van der Waals surface area contributed by atoms with Gasteiger partial charge in [-0.1, -0.05) is 42.5 Å². The summed E-state index contributed by atoms with van der Waals surface area (Å²) in [6.07, 6.45) is 2.45. The Balaban J connectivity index is 1.28. The lowest BCUT2D eigenvalue weighted by Gasteiger charge is -2.32. The van der Waals surface area contributed by atoms with E-state index in [9.17, 15) is 9.18 Å². The number of aryl methyl sites for hydroxylation is 2. The zero-order chi connectivity index (χ0) is 22.6. The standard InChI is InChI=1S/C27H27FN4O/c28-22-10-12-23(13-11-22)29-26(33)21-15-17-31(18-16-21)27-30-24-8-4-5-9-25(24)32(27)19-14-20-6-2-1-3-7-20/h1-13,21H,14-19H2,(H,29,33). The Morgan fingerprint density at radius 2 is 1.64 bits per heavy atom. The molecule has 1 aromatic heterocycles. The van der Waals surface area contributed by atoms with Gasteiger partial charge in [0.25, 0.3) is 0 Å². The first kappa shape index (κ1) is 21.2. The van der Waals surface area contributed by atoms with Crippen molar-refractivity contribution in [2.45, 2.75) is 25.8 Å². The molecule has 5 rings (SSSR count). The van der Waals surface area contributed by atoms with Crippen LogP contribution in [0.3, 0.4) is 0 Å². The Bertz CT molecular complexity index is 1230. The van der Waals surface area contributed by atoms with Crippen LogP contribution in [0.5, 0.6) is 0 Å². The van der Waals surface area contributed by atoms with E-state index in [-0.39, 0.29) is 17.6 Å². The van der Waals surface area contributed by atoms with E-state index < -0.39 is 0 Å². The van der Waals surface area contributed by atoms with Crippen LogP contribution in [0.2, 0.25) is 0 Å². The minimum atomic E-state index is -0.309. The number of benzene rings is 3. The van der Waals surface area contributed by atoms with Crippen molar-refractivity contribution >= 4 is 28.6 Å². The van der Waals surface area contributed by atoms with Crippen LogP contribution in [0.4, 0.5) is 16.0 Å². The van der Waals surface area contributed by atoms with Crippen molar-refractivity contribution in [1.29, 1.82) is 0 Å². The van der Waals surface area contributed by atoms with E-state index in [0.717, 1.165) is 55.9 Å². The van der Waals surface area contributed by atoms with E-state index >= 15 is 0 Å². The third-order valence-corrected chi connectivity index (χ3v) is 6.36. The van der Waals surface area contributed by atoms with Gasteiger partial charge in [0, 0.05) is 31.2 Å². The van der Waals surface area contributed by atoms with Crippen LogP contribution in [-0.4, -0.2) is 28.5 Å². The summed E-state index contributed by atoms with van der Waals surface area (Å²) in [4.78, 5) is 20.0. The highest BCUT2D eigenvalue weighted by molar-refractivity contribution is 5.92. The van der Waals surface area contributed by atoms with E-state index in [2.05, 4.69) is 57.2 Å². The number of carbonyl (C=O) groups is 1. The van der Waals surface area contributed by atoms with Gasteiger partial charge in [-0.25, -0.2) is 9.37 Å². The molecule has 0 atom stereocenters. The second kappa shape index (κ2) is 9.45. The summed E-state index contributed by atoms with van der Waals surface area (Å²) in [6.45, 7) is 2.40. The second-order valence-electron chi connectivity index (χ2n) is 8.55. The maximum Gasteiger partial charge on any atom is 0.227 e. The van der Waals surface area contributed by atoms with Gasteiger partial charge in [0.1, 0.15) is 5.82 Å². The number of para-hydroxylation sites is 2. The highest BCUT2D eigenvalue weighted by Crippen LogP contribution is 2.28. The molecule has 33 heavy (non-hydrogen) atoms. The number of fused-ring (bicyclic) bond motifs is 1. The molecule has 0 spiro atoms. The number of amides is 1. The van der Waals surface area contributed by atoms with Gasteiger partial charge in [-0.05, 0) is 61.2 Å². The molecule has 1 fully saturated rings. The molecule has 3 aromatic carbocycles. The number of hydrogen-bond donors (Lipinski definition) is 1. The smallest absolute Gasteiger partial charge is 0.227 e. The van der Waals surface area contributed by atoms with Gasteiger partial charge in [0.15, 0.2) is 0 Å². The Kier molecular flexibility index (Phi) is 6.07. The van der Waals surface area contributed by atoms with E-state index in [1.807, 2.05) is 12.1 Å². The molecule has 4 aromatic rings. The van der Waals surface area contributed by atoms with Gasteiger partial charge in [0.2, 0.25) is 11.9 Å². The molecule has 168 valence electrons. The van der Waals surface area contributed by atoms with Crippen molar-refractivity contribution in [3.8, 4) is 0 Å². The average Bonchev–Trinajstić information content (AvgIpc) is 3.23. The minimum absolute atomic E-state index is 0.00108. The number of nitrogens with zero attached hydrogens (tertiary/aromatic N) is 3. The maximum absolute atomic E-state index is 13.1. The summed E-state index contributed by atoms with van der Waals surface area (Å²) in [7, 11) is 0. The predicted octanol–water partition coefficient (Wildman–Crippen LogP) is 5.27. The fourth-order valence-corrected chi connectivity index (χ4v) is 4.53. The summed E-state index contributed by atoms with van der Waals surface area (Å²) >= 11 is 0. The van der Waals surface area contributed by atoms with Crippen molar-refractivity contribution in [2.24, 2.45) is 5.92 Å². The monoisotopic (exact) mass is 442 g/mol. The van der Waals surface area contributed by atoms with Crippen molar-refractivity contribution in [3.05, 3.63) is 90.2 Å². The topological polar surface area (TPSA) is 50.2 Å². The van der Waals surface area contributed by atoms with Gasteiger partial charge >= 0.3 is 0 Å². The van der Waals surface area contributed by atoms with Gasteiger partial charge in [-0.3, -0.25) is 4.79 Å². The summed E-state index contributed by atoms with van der Waals surface area (Å²) in [5, 5.41) is 2.92. The van der Waals surface area contributed by atoms with Gasteiger partial charge in [-0.15, -0.1) is 0 Å². The fraction of sp³-hybridized carbons (Fsp3) is 0.259. The summed E-state index contributed by atoms with van der Waals surface area (Å²) in [6, 6.07) is 24.7. The molecule has 0 saturated carbocycles. The van der Waals surface area contributed by atoms with Crippen molar-refractivity contribution in [2.75, 3.05) is 23.3 Å². The zero-order valence-electron chi connectivity index (χ0n) is 18.5. The highest BCUT2D eigenvalue weighted by Gasteiger charge is 2.27. The number of imidazole rings is 1. The first-order chi connectivity index (χ1) is 16.2. The number of piperidine rings is 1. The fourth-order valence-electron chi connectivity index (χ4n) is 4.53. The third kappa shape index (κ3) is 4.75. The molecule has 0 radical (unpaired) electrons. The number of nitrogens with one attached hydrogen (secondary N) is 1. The minimum Gasteiger partial charge on any atom is -0.342 e. The average molecular weight is 443 g/mol. The molecule has 1 saturated heterocycles. The van der Waals surface area contributed by atoms with Crippen molar-refractivity contribution in [3.63, 3.8) is 0 Å². The van der Waals surface area contributed by atoms with Crippen molar-refractivity contribution < 1.29 is 9.18 Å². The zero-order valence-corrected chi connectivity index (χ0v) is 18.5. The van der Waals surface area contributed by atoms with Crippen LogP contribution in [0, 0.1) is 11.7 Å². The Labute approximate surface area is 192 Å². The van der Waals surface area contributed by atoms with Gasteiger partial charge < -0.3 is 14.8 Å². The van der Waals surface area contributed by atoms with Gasteiger partial charge in [-0.2, -0.15) is 0 Å². The van der Waals surface area contributed by atoms with Crippen LogP contribution >= 0.6 is 0 Å². The lowest BCUT2D eigenvalue weighted by Crippen LogP contribution is -2.39. The normalized spacial score (nSPS) is 14.5. The molecule has 2 heterocycles. The van der Waals surface area contributed by atoms with E-state index in [1.54, 1.807) is 12.1 Å². The van der Waals surface area contributed by atoms with E-state index in [4.69, 9.17) is 4.98 Å². The largest absolute Gasteiger partial charge is 0.342 e.